The second-order valence-corrected chi connectivity index (χ2v) is 2.68. The van der Waals surface area contributed by atoms with Crippen molar-refractivity contribution in [1.82, 2.24) is 0 Å². The van der Waals surface area contributed by atoms with Crippen LogP contribution in [0, 0.1) is 5.82 Å². The topological polar surface area (TPSA) is 9.23 Å². The molecule has 1 aromatic rings. The van der Waals surface area contributed by atoms with E-state index in [4.69, 9.17) is 4.74 Å². The lowest BCUT2D eigenvalue weighted by Gasteiger charge is -2.12. The van der Waals surface area contributed by atoms with E-state index in [9.17, 15) is 4.39 Å². The molecule has 12 heavy (non-hydrogen) atoms. The first-order valence-corrected chi connectivity index (χ1v) is 4.06. The Kier molecular flexibility index (Phi) is 3.23. The van der Waals surface area contributed by atoms with E-state index < -0.39 is 0 Å². The Morgan fingerprint density at radius 2 is 1.92 bits per heavy atom. The Balaban J connectivity index is 2.80. The molecule has 0 aliphatic rings. The van der Waals surface area contributed by atoms with Crippen molar-refractivity contribution < 1.29 is 9.13 Å². The summed E-state index contributed by atoms with van der Waals surface area (Å²) in [5, 5.41) is 0. The molecule has 0 aromatic heterocycles. The Morgan fingerprint density at radius 3 is 2.33 bits per heavy atom. The minimum absolute atomic E-state index is 0.0885. The SMILES string of the molecule is CCC(OC)c1ccc(F)cc1. The molecule has 1 atom stereocenters. The Bertz CT molecular complexity index is 226. The molecule has 0 spiro atoms. The number of benzene rings is 1. The zero-order chi connectivity index (χ0) is 8.97. The van der Waals surface area contributed by atoms with Gasteiger partial charge in [-0.15, -0.1) is 0 Å². The third-order valence-electron chi connectivity index (χ3n) is 1.90. The molecule has 0 heterocycles. The Morgan fingerprint density at radius 1 is 1.33 bits per heavy atom. The lowest BCUT2D eigenvalue weighted by molar-refractivity contribution is 0.1000. The number of methoxy groups -OCH3 is 1. The molecule has 0 aliphatic heterocycles. The van der Waals surface area contributed by atoms with Gasteiger partial charge in [0.05, 0.1) is 6.10 Å². The van der Waals surface area contributed by atoms with Gasteiger partial charge >= 0.3 is 0 Å². The van der Waals surface area contributed by atoms with Gasteiger partial charge in [0.1, 0.15) is 5.82 Å². The molecule has 0 N–H and O–H groups in total. The van der Waals surface area contributed by atoms with Crippen LogP contribution in [0.15, 0.2) is 24.3 Å². The monoisotopic (exact) mass is 168 g/mol. The molecule has 66 valence electrons. The summed E-state index contributed by atoms with van der Waals surface area (Å²) in [6.07, 6.45) is 0.993. The van der Waals surface area contributed by atoms with Crippen molar-refractivity contribution in [2.45, 2.75) is 19.4 Å². The van der Waals surface area contributed by atoms with E-state index in [2.05, 4.69) is 0 Å². The predicted octanol–water partition coefficient (Wildman–Crippen LogP) is 2.92. The molecule has 0 amide bonds. The Hall–Kier alpha value is -0.890. The second-order valence-electron chi connectivity index (χ2n) is 2.68. The van der Waals surface area contributed by atoms with Gasteiger partial charge in [-0.2, -0.15) is 0 Å². The first-order chi connectivity index (χ1) is 5.77. The van der Waals surface area contributed by atoms with Gasteiger partial charge in [0.25, 0.3) is 0 Å². The summed E-state index contributed by atoms with van der Waals surface area (Å²) in [5.41, 5.74) is 1.03. The van der Waals surface area contributed by atoms with E-state index in [-0.39, 0.29) is 11.9 Å². The fraction of sp³-hybridized carbons (Fsp3) is 0.400. The van der Waals surface area contributed by atoms with E-state index >= 15 is 0 Å². The van der Waals surface area contributed by atoms with Gasteiger partial charge in [0.15, 0.2) is 0 Å². The molecule has 0 aliphatic carbocycles. The van der Waals surface area contributed by atoms with Crippen molar-refractivity contribution in [3.63, 3.8) is 0 Å². The highest BCUT2D eigenvalue weighted by Gasteiger charge is 2.06. The maximum Gasteiger partial charge on any atom is 0.123 e. The molecule has 1 rings (SSSR count). The van der Waals surface area contributed by atoms with Crippen LogP contribution >= 0.6 is 0 Å². The highest BCUT2D eigenvalue weighted by atomic mass is 19.1. The minimum Gasteiger partial charge on any atom is -0.377 e. The third kappa shape index (κ3) is 2.05. The van der Waals surface area contributed by atoms with E-state index in [1.165, 1.54) is 12.1 Å². The van der Waals surface area contributed by atoms with Gasteiger partial charge in [-0.05, 0) is 24.1 Å². The largest absolute Gasteiger partial charge is 0.377 e. The van der Waals surface area contributed by atoms with Gasteiger partial charge in [0, 0.05) is 7.11 Å². The maximum atomic E-state index is 12.5. The highest BCUT2D eigenvalue weighted by molar-refractivity contribution is 5.18. The molecule has 1 unspecified atom stereocenters. The molecule has 0 saturated heterocycles. The fourth-order valence-corrected chi connectivity index (χ4v) is 1.22. The first-order valence-electron chi connectivity index (χ1n) is 4.06. The summed E-state index contributed by atoms with van der Waals surface area (Å²) in [6, 6.07) is 6.42. The zero-order valence-corrected chi connectivity index (χ0v) is 7.38. The van der Waals surface area contributed by atoms with Crippen LogP contribution in [0.5, 0.6) is 0 Å². The number of ether oxygens (including phenoxy) is 1. The van der Waals surface area contributed by atoms with Crippen LogP contribution in [-0.2, 0) is 4.74 Å². The molecule has 0 bridgehead atoms. The van der Waals surface area contributed by atoms with Crippen LogP contribution in [0.1, 0.15) is 25.0 Å². The number of hydrogen-bond donors (Lipinski definition) is 0. The number of hydrogen-bond acceptors (Lipinski definition) is 1. The van der Waals surface area contributed by atoms with Crippen LogP contribution < -0.4 is 0 Å². The summed E-state index contributed by atoms with van der Waals surface area (Å²) in [5.74, 6) is -0.204. The van der Waals surface area contributed by atoms with Crippen molar-refractivity contribution in [2.24, 2.45) is 0 Å². The minimum atomic E-state index is -0.204. The summed E-state index contributed by atoms with van der Waals surface area (Å²) < 4.78 is 17.7. The first kappa shape index (κ1) is 9.20. The van der Waals surface area contributed by atoms with Crippen LogP contribution in [0.25, 0.3) is 0 Å². The summed E-state index contributed by atoms with van der Waals surface area (Å²) in [4.78, 5) is 0. The zero-order valence-electron chi connectivity index (χ0n) is 7.38. The number of halogens is 1. The van der Waals surface area contributed by atoms with Crippen molar-refractivity contribution in [3.05, 3.63) is 35.6 Å². The standard InChI is InChI=1S/C10H13FO/c1-3-10(12-2)8-4-6-9(11)7-5-8/h4-7,10H,3H2,1-2H3. The maximum absolute atomic E-state index is 12.5. The molecule has 2 heteroatoms. The van der Waals surface area contributed by atoms with E-state index in [1.807, 2.05) is 6.92 Å². The van der Waals surface area contributed by atoms with E-state index in [0.29, 0.717) is 0 Å². The average Bonchev–Trinajstić information content (AvgIpc) is 2.10. The molecular weight excluding hydrogens is 155 g/mol. The fourth-order valence-electron chi connectivity index (χ4n) is 1.22. The molecule has 1 nitrogen and oxygen atoms in total. The highest BCUT2D eigenvalue weighted by Crippen LogP contribution is 2.19. The van der Waals surface area contributed by atoms with E-state index in [1.54, 1.807) is 19.2 Å². The van der Waals surface area contributed by atoms with Crippen molar-refractivity contribution >= 4 is 0 Å². The lowest BCUT2D eigenvalue weighted by atomic mass is 10.1. The molecule has 0 saturated carbocycles. The number of rotatable bonds is 3. The Labute approximate surface area is 72.2 Å². The summed E-state index contributed by atoms with van der Waals surface area (Å²) in [6.45, 7) is 2.04. The summed E-state index contributed by atoms with van der Waals surface area (Å²) >= 11 is 0. The smallest absolute Gasteiger partial charge is 0.123 e. The van der Waals surface area contributed by atoms with E-state index in [0.717, 1.165) is 12.0 Å². The summed E-state index contributed by atoms with van der Waals surface area (Å²) in [7, 11) is 1.66. The molecule has 0 radical (unpaired) electrons. The molecule has 1 aromatic carbocycles. The van der Waals surface area contributed by atoms with Crippen molar-refractivity contribution in [2.75, 3.05) is 7.11 Å². The molecular formula is C10H13FO. The van der Waals surface area contributed by atoms with Gasteiger partial charge < -0.3 is 4.74 Å². The van der Waals surface area contributed by atoms with Gasteiger partial charge in [0.2, 0.25) is 0 Å². The van der Waals surface area contributed by atoms with Crippen LogP contribution in [0.4, 0.5) is 4.39 Å². The van der Waals surface area contributed by atoms with Crippen LogP contribution in [-0.4, -0.2) is 7.11 Å². The normalized spacial score (nSPS) is 12.9. The quantitative estimate of drug-likeness (QED) is 0.674. The van der Waals surface area contributed by atoms with Gasteiger partial charge in [-0.25, -0.2) is 4.39 Å². The van der Waals surface area contributed by atoms with Gasteiger partial charge in [-0.1, -0.05) is 19.1 Å². The van der Waals surface area contributed by atoms with Crippen molar-refractivity contribution in [3.8, 4) is 0 Å². The van der Waals surface area contributed by atoms with Crippen LogP contribution in [0.3, 0.4) is 0 Å². The molecule has 0 fully saturated rings. The third-order valence-corrected chi connectivity index (χ3v) is 1.90. The van der Waals surface area contributed by atoms with Crippen LogP contribution in [0.2, 0.25) is 0 Å². The van der Waals surface area contributed by atoms with Crippen molar-refractivity contribution in [1.29, 1.82) is 0 Å². The predicted molar refractivity (Wildman–Crippen MR) is 46.4 cm³/mol. The lowest BCUT2D eigenvalue weighted by Crippen LogP contribution is -1.99. The van der Waals surface area contributed by atoms with Gasteiger partial charge in [-0.3, -0.25) is 0 Å². The average molecular weight is 168 g/mol. The second kappa shape index (κ2) is 4.21.